The summed E-state index contributed by atoms with van der Waals surface area (Å²) in [4.78, 5) is 15.0. The molecule has 0 fully saturated rings. The van der Waals surface area contributed by atoms with Crippen LogP contribution in [0.25, 0.3) is 92.9 Å². The van der Waals surface area contributed by atoms with Crippen molar-refractivity contribution in [1.29, 1.82) is 0 Å². The molecule has 1 unspecified atom stereocenters. The van der Waals surface area contributed by atoms with Crippen LogP contribution in [-0.2, 0) is 5.41 Å². The van der Waals surface area contributed by atoms with Crippen LogP contribution >= 0.6 is 0 Å². The molecule has 1 atom stereocenters. The third-order valence-corrected chi connectivity index (χ3v) is 14.7. The predicted octanol–water partition coefficient (Wildman–Crippen LogP) is 15.9. The summed E-state index contributed by atoms with van der Waals surface area (Å²) >= 11 is 0. The summed E-state index contributed by atoms with van der Waals surface area (Å²) in [6.07, 6.45) is 11.8. The van der Waals surface area contributed by atoms with E-state index in [1.807, 2.05) is 18.5 Å². The molecule has 0 N–H and O–H groups in total. The van der Waals surface area contributed by atoms with E-state index in [1.165, 1.54) is 82.2 Å². The lowest BCUT2D eigenvalue weighted by molar-refractivity contribution is 0.769. The Morgan fingerprint density at radius 1 is 0.433 bits per heavy atom. The molecule has 9 aromatic carbocycles. The standard InChI is InChI=1S/C64H41N3/c1-3-16-47(17-4-1)64(48-18-5-2-6-19-48)58-22-9-7-20-51(58)56-38-57-55(39-59(56)64)52-21-8-10-23-60(52)67-61(57)46-14-11-13-42(35-46)43-26-24-40-25-27-44-36-45(29-30-49(44)54(40)37-43)50-32-34-66-63-53(50)31-28-41-15-12-33-65-62(41)63/h1-12,14-39,42H,13H2. The smallest absolute Gasteiger partial charge is 0.0970 e. The van der Waals surface area contributed by atoms with E-state index < -0.39 is 5.41 Å². The van der Waals surface area contributed by atoms with Crippen molar-refractivity contribution >= 4 is 70.6 Å². The van der Waals surface area contributed by atoms with Crippen molar-refractivity contribution in [2.75, 3.05) is 0 Å². The quantitative estimate of drug-likeness (QED) is 0.162. The lowest BCUT2D eigenvalue weighted by atomic mass is 9.67. The highest BCUT2D eigenvalue weighted by Gasteiger charge is 2.46. The second-order valence-corrected chi connectivity index (χ2v) is 18.2. The maximum atomic E-state index is 5.52. The van der Waals surface area contributed by atoms with Crippen molar-refractivity contribution in [1.82, 2.24) is 15.0 Å². The second kappa shape index (κ2) is 14.7. The van der Waals surface area contributed by atoms with E-state index in [4.69, 9.17) is 15.0 Å². The Morgan fingerprint density at radius 3 is 2.06 bits per heavy atom. The summed E-state index contributed by atoms with van der Waals surface area (Å²) in [7, 11) is 0. The first-order valence-electron chi connectivity index (χ1n) is 23.3. The molecule has 3 heterocycles. The van der Waals surface area contributed by atoms with E-state index >= 15 is 0 Å². The molecular weight excluding hydrogens is 811 g/mol. The summed E-state index contributed by atoms with van der Waals surface area (Å²) in [5.74, 6) is 0.188. The lowest BCUT2D eigenvalue weighted by Crippen LogP contribution is -2.28. The summed E-state index contributed by atoms with van der Waals surface area (Å²) in [6, 6.07) is 73.8. The maximum Gasteiger partial charge on any atom is 0.0970 e. The number of pyridine rings is 3. The largest absolute Gasteiger partial charge is 0.254 e. The van der Waals surface area contributed by atoms with E-state index in [9.17, 15) is 0 Å². The molecule has 0 saturated carbocycles. The van der Waals surface area contributed by atoms with Gasteiger partial charge in [-0.1, -0.05) is 176 Å². The highest BCUT2D eigenvalue weighted by Crippen LogP contribution is 2.57. The van der Waals surface area contributed by atoms with E-state index in [1.54, 1.807) is 0 Å². The maximum absolute atomic E-state index is 5.52. The fraction of sp³-hybridized carbons (Fsp3) is 0.0469. The molecule has 0 radical (unpaired) electrons. The Bertz CT molecular complexity index is 4030. The molecule has 0 saturated heterocycles. The van der Waals surface area contributed by atoms with E-state index in [2.05, 4.69) is 212 Å². The third kappa shape index (κ3) is 5.68. The SMILES string of the molecule is C1=CC(c2nc3ccccc3c3cc4c(cc23)-c2ccccc2C4(c2ccccc2)c2ccccc2)=CC(c2ccc3ccc4cc(-c5ccnc6c5ccc5cccnc56)ccc4c3c2)C1. The van der Waals surface area contributed by atoms with Gasteiger partial charge in [0.05, 0.1) is 27.7 Å². The van der Waals surface area contributed by atoms with Crippen LogP contribution in [0.3, 0.4) is 0 Å². The van der Waals surface area contributed by atoms with Gasteiger partial charge in [-0.3, -0.25) is 9.97 Å². The number of aromatic nitrogens is 3. The number of nitrogens with zero attached hydrogens (tertiary/aromatic N) is 3. The fourth-order valence-corrected chi connectivity index (χ4v) is 11.7. The average molecular weight is 852 g/mol. The number of rotatable bonds is 5. The van der Waals surface area contributed by atoms with Crippen LogP contribution in [0.4, 0.5) is 0 Å². The molecule has 0 amide bonds. The van der Waals surface area contributed by atoms with Gasteiger partial charge in [-0.05, 0) is 131 Å². The van der Waals surface area contributed by atoms with E-state index in [0.29, 0.717) is 0 Å². The van der Waals surface area contributed by atoms with Crippen LogP contribution in [-0.4, -0.2) is 15.0 Å². The highest BCUT2D eigenvalue weighted by atomic mass is 14.7. The topological polar surface area (TPSA) is 38.7 Å². The zero-order chi connectivity index (χ0) is 44.1. The number of hydrogen-bond donors (Lipinski definition) is 0. The zero-order valence-corrected chi connectivity index (χ0v) is 36.6. The Balaban J connectivity index is 0.909. The van der Waals surface area contributed by atoms with Crippen molar-refractivity contribution in [3.05, 3.63) is 264 Å². The van der Waals surface area contributed by atoms with Crippen molar-refractivity contribution in [3.63, 3.8) is 0 Å². The molecular formula is C64H41N3. The molecule has 3 nitrogen and oxygen atoms in total. The minimum atomic E-state index is -0.482. The molecule has 2 aliphatic carbocycles. The first-order chi connectivity index (χ1) is 33.2. The molecule has 0 bridgehead atoms. The monoisotopic (exact) mass is 851 g/mol. The van der Waals surface area contributed by atoms with Crippen LogP contribution in [0.5, 0.6) is 0 Å². The number of para-hydroxylation sites is 1. The number of hydrogen-bond acceptors (Lipinski definition) is 3. The molecule has 12 aromatic rings. The van der Waals surface area contributed by atoms with Crippen LogP contribution in [0.15, 0.2) is 231 Å². The van der Waals surface area contributed by atoms with Gasteiger partial charge in [0.25, 0.3) is 0 Å². The van der Waals surface area contributed by atoms with Crippen LogP contribution in [0.2, 0.25) is 0 Å². The minimum Gasteiger partial charge on any atom is -0.254 e. The Kier molecular flexibility index (Phi) is 8.32. The normalized spacial score (nSPS) is 15.1. The summed E-state index contributed by atoms with van der Waals surface area (Å²) < 4.78 is 0. The van der Waals surface area contributed by atoms with Gasteiger partial charge in [-0.2, -0.15) is 0 Å². The van der Waals surface area contributed by atoms with Gasteiger partial charge in [-0.15, -0.1) is 0 Å². The van der Waals surface area contributed by atoms with Crippen molar-refractivity contribution < 1.29 is 0 Å². The second-order valence-electron chi connectivity index (χ2n) is 18.2. The molecule has 3 aromatic heterocycles. The first-order valence-corrected chi connectivity index (χ1v) is 23.3. The van der Waals surface area contributed by atoms with Gasteiger partial charge in [0.1, 0.15) is 0 Å². The van der Waals surface area contributed by atoms with Gasteiger partial charge in [-0.25, -0.2) is 4.98 Å². The number of fused-ring (bicyclic) bond motifs is 12. The summed E-state index contributed by atoms with van der Waals surface area (Å²) in [5, 5.41) is 10.8. The molecule has 67 heavy (non-hydrogen) atoms. The highest BCUT2D eigenvalue weighted by molar-refractivity contribution is 6.14. The van der Waals surface area contributed by atoms with E-state index in [-0.39, 0.29) is 5.92 Å². The van der Waals surface area contributed by atoms with Crippen molar-refractivity contribution in [3.8, 4) is 22.3 Å². The third-order valence-electron chi connectivity index (χ3n) is 14.7. The molecule has 312 valence electrons. The van der Waals surface area contributed by atoms with Crippen LogP contribution in [0.1, 0.15) is 45.8 Å². The van der Waals surface area contributed by atoms with Crippen molar-refractivity contribution in [2.45, 2.75) is 17.8 Å². The predicted molar refractivity (Wildman–Crippen MR) is 279 cm³/mol. The first kappa shape index (κ1) is 37.8. The fourth-order valence-electron chi connectivity index (χ4n) is 11.7. The lowest BCUT2D eigenvalue weighted by Gasteiger charge is -2.34. The van der Waals surface area contributed by atoms with Crippen LogP contribution < -0.4 is 0 Å². The average Bonchev–Trinajstić information content (AvgIpc) is 3.70. The Hall–Kier alpha value is -8.53. The molecule has 2 aliphatic rings. The Morgan fingerprint density at radius 2 is 1.18 bits per heavy atom. The van der Waals surface area contributed by atoms with Gasteiger partial charge in [0.2, 0.25) is 0 Å². The minimum absolute atomic E-state index is 0.188. The number of benzene rings is 9. The van der Waals surface area contributed by atoms with Crippen molar-refractivity contribution in [2.24, 2.45) is 0 Å². The Labute approximate surface area is 388 Å². The summed E-state index contributed by atoms with van der Waals surface area (Å²) in [5.41, 5.74) is 15.9. The zero-order valence-electron chi connectivity index (χ0n) is 36.6. The van der Waals surface area contributed by atoms with Gasteiger partial charge >= 0.3 is 0 Å². The molecule has 0 aliphatic heterocycles. The van der Waals surface area contributed by atoms with E-state index in [0.717, 1.165) is 50.6 Å². The van der Waals surface area contributed by atoms with Crippen LogP contribution in [0, 0.1) is 0 Å². The number of allylic oxidation sites excluding steroid dienone is 4. The molecule has 3 heteroatoms. The summed E-state index contributed by atoms with van der Waals surface area (Å²) in [6.45, 7) is 0. The van der Waals surface area contributed by atoms with Gasteiger partial charge in [0.15, 0.2) is 0 Å². The molecule has 14 rings (SSSR count). The van der Waals surface area contributed by atoms with Gasteiger partial charge in [0, 0.05) is 39.9 Å². The molecule has 0 spiro atoms. The van der Waals surface area contributed by atoms with Gasteiger partial charge < -0.3 is 0 Å².